The van der Waals surface area contributed by atoms with E-state index in [0.29, 0.717) is 19.4 Å². The van der Waals surface area contributed by atoms with Crippen molar-refractivity contribution in [3.63, 3.8) is 0 Å². The lowest BCUT2D eigenvalue weighted by atomic mass is 9.42. The molecule has 0 aromatic rings. The molecule has 1 amide bonds. The predicted molar refractivity (Wildman–Crippen MR) is 116 cm³/mol. The van der Waals surface area contributed by atoms with Gasteiger partial charge >= 0.3 is 5.97 Å². The molecule has 3 aliphatic carbocycles. The largest absolute Gasteiger partial charge is 0.469 e. The molecule has 7 heteroatoms. The number of hydrogen-bond donors (Lipinski definition) is 3. The van der Waals surface area contributed by atoms with Gasteiger partial charge in [0, 0.05) is 19.7 Å². The number of aliphatic hydroxyl groups excluding tert-OH is 3. The monoisotopic (exact) mass is 437 g/mol. The van der Waals surface area contributed by atoms with Gasteiger partial charge in [0.15, 0.2) is 0 Å². The molecule has 3 rings (SSSR count). The summed E-state index contributed by atoms with van der Waals surface area (Å²) in [6.45, 7) is 6.32. The van der Waals surface area contributed by atoms with E-state index in [-0.39, 0.29) is 41.6 Å². The number of nitrogens with zero attached hydrogens (tertiary/aromatic N) is 1. The van der Waals surface area contributed by atoms with E-state index in [4.69, 9.17) is 9.84 Å². The number of esters is 1. The predicted octanol–water partition coefficient (Wildman–Crippen LogP) is 1.75. The number of carbonyl (C=O) groups excluding carboxylic acids is 2. The van der Waals surface area contributed by atoms with Gasteiger partial charge in [-0.3, -0.25) is 9.59 Å². The molecule has 0 spiro atoms. The van der Waals surface area contributed by atoms with Gasteiger partial charge in [0.1, 0.15) is 0 Å². The molecule has 0 heterocycles. The first-order valence-electron chi connectivity index (χ1n) is 11.5. The number of methoxy groups -OCH3 is 1. The Labute approximate surface area is 185 Å². The molecule has 0 radical (unpaired) electrons. The van der Waals surface area contributed by atoms with Crippen LogP contribution in [-0.2, 0) is 14.3 Å². The highest BCUT2D eigenvalue weighted by Crippen LogP contribution is 2.65. The van der Waals surface area contributed by atoms with E-state index in [1.165, 1.54) is 12.0 Å². The van der Waals surface area contributed by atoms with Gasteiger partial charge in [-0.2, -0.15) is 0 Å². The third-order valence-corrected chi connectivity index (χ3v) is 9.05. The molecule has 0 saturated heterocycles. The van der Waals surface area contributed by atoms with Crippen LogP contribution in [0.25, 0.3) is 0 Å². The van der Waals surface area contributed by atoms with Gasteiger partial charge in [0.05, 0.1) is 31.3 Å². The Balaban J connectivity index is 1.91. The van der Waals surface area contributed by atoms with Gasteiger partial charge in [-0.25, -0.2) is 0 Å². The smallest absolute Gasteiger partial charge is 0.314 e. The van der Waals surface area contributed by atoms with Gasteiger partial charge in [-0.05, 0) is 68.1 Å². The van der Waals surface area contributed by atoms with E-state index in [1.807, 2.05) is 0 Å². The van der Waals surface area contributed by atoms with Crippen LogP contribution >= 0.6 is 0 Å². The third-order valence-electron chi connectivity index (χ3n) is 9.05. The van der Waals surface area contributed by atoms with Crippen molar-refractivity contribution in [2.45, 2.75) is 65.1 Å². The SMILES string of the molecule is COC(=O)C1(C)C(O)CCC2(C)C3CCC(=CC(=O)N(C)CCO)C(C)C3C(O)CC21. The van der Waals surface area contributed by atoms with Crippen LogP contribution in [0.4, 0.5) is 0 Å². The van der Waals surface area contributed by atoms with Crippen LogP contribution in [0.3, 0.4) is 0 Å². The second kappa shape index (κ2) is 8.83. The van der Waals surface area contributed by atoms with Crippen molar-refractivity contribution in [2.24, 2.45) is 34.5 Å². The fourth-order valence-corrected chi connectivity index (χ4v) is 7.13. The van der Waals surface area contributed by atoms with Crippen LogP contribution in [0.2, 0.25) is 0 Å². The zero-order valence-corrected chi connectivity index (χ0v) is 19.5. The van der Waals surface area contributed by atoms with Crippen LogP contribution in [-0.4, -0.2) is 71.6 Å². The van der Waals surface area contributed by atoms with Gasteiger partial charge in [-0.15, -0.1) is 0 Å². The maximum Gasteiger partial charge on any atom is 0.314 e. The highest BCUT2D eigenvalue weighted by Gasteiger charge is 2.65. The summed E-state index contributed by atoms with van der Waals surface area (Å²) in [5, 5.41) is 31.2. The van der Waals surface area contributed by atoms with Gasteiger partial charge in [-0.1, -0.05) is 19.4 Å². The highest BCUT2D eigenvalue weighted by atomic mass is 16.5. The van der Waals surface area contributed by atoms with E-state index in [2.05, 4.69) is 13.8 Å². The van der Waals surface area contributed by atoms with Crippen LogP contribution in [0.15, 0.2) is 11.6 Å². The van der Waals surface area contributed by atoms with Gasteiger partial charge < -0.3 is 25.0 Å². The van der Waals surface area contributed by atoms with E-state index in [0.717, 1.165) is 24.8 Å². The Morgan fingerprint density at radius 2 is 1.94 bits per heavy atom. The average Bonchev–Trinajstić information content (AvgIpc) is 2.74. The van der Waals surface area contributed by atoms with Crippen LogP contribution in [0.5, 0.6) is 0 Å². The molecular weight excluding hydrogens is 398 g/mol. The minimum atomic E-state index is -1.03. The fourth-order valence-electron chi connectivity index (χ4n) is 7.13. The average molecular weight is 438 g/mol. The number of ether oxygens (including phenoxy) is 1. The van der Waals surface area contributed by atoms with Crippen molar-refractivity contribution >= 4 is 11.9 Å². The number of likely N-dealkylation sites (N-methyl/N-ethyl adjacent to an activating group) is 1. The molecule has 3 saturated carbocycles. The third kappa shape index (κ3) is 3.83. The molecule has 8 unspecified atom stereocenters. The topological polar surface area (TPSA) is 107 Å². The van der Waals surface area contributed by atoms with Crippen molar-refractivity contribution in [3.05, 3.63) is 11.6 Å². The van der Waals surface area contributed by atoms with Gasteiger partial charge in [0.2, 0.25) is 5.91 Å². The first kappa shape index (κ1) is 24.2. The Morgan fingerprint density at radius 1 is 1.26 bits per heavy atom. The molecule has 0 bridgehead atoms. The summed E-state index contributed by atoms with van der Waals surface area (Å²) in [5.41, 5.74) is -0.178. The molecule has 176 valence electrons. The molecule has 3 N–H and O–H groups in total. The molecule has 3 fully saturated rings. The van der Waals surface area contributed by atoms with Crippen LogP contribution < -0.4 is 0 Å². The number of aliphatic hydroxyl groups is 3. The molecule has 31 heavy (non-hydrogen) atoms. The lowest BCUT2D eigenvalue weighted by Gasteiger charge is -2.63. The Morgan fingerprint density at radius 3 is 2.55 bits per heavy atom. The van der Waals surface area contributed by atoms with Crippen molar-refractivity contribution in [1.29, 1.82) is 0 Å². The second-order valence-electron chi connectivity index (χ2n) is 10.4. The molecule has 0 aromatic heterocycles. The van der Waals surface area contributed by atoms with Gasteiger partial charge in [0.25, 0.3) is 0 Å². The first-order chi connectivity index (χ1) is 14.5. The second-order valence-corrected chi connectivity index (χ2v) is 10.4. The summed E-state index contributed by atoms with van der Waals surface area (Å²) in [6.07, 6.45) is 3.70. The maximum atomic E-state index is 12.8. The highest BCUT2D eigenvalue weighted by molar-refractivity contribution is 5.88. The standard InChI is InChI=1S/C24H39NO6/c1-14-15(12-20(29)25(4)10-11-26)6-7-16-21(14)17(27)13-18-23(16,2)9-8-19(28)24(18,3)22(30)31-5/h12,14,16-19,21,26-28H,6-11,13H2,1-5H3. The molecular formula is C24H39NO6. The Kier molecular flexibility index (Phi) is 6.90. The molecule has 0 aliphatic heterocycles. The summed E-state index contributed by atoms with van der Waals surface area (Å²) in [6, 6.07) is 0. The summed E-state index contributed by atoms with van der Waals surface area (Å²) in [5.74, 6) is -0.424. The lowest BCUT2D eigenvalue weighted by Crippen LogP contribution is -2.64. The van der Waals surface area contributed by atoms with E-state index < -0.39 is 23.6 Å². The number of hydrogen-bond acceptors (Lipinski definition) is 6. The van der Waals surface area contributed by atoms with E-state index in [1.54, 1.807) is 20.0 Å². The van der Waals surface area contributed by atoms with E-state index in [9.17, 15) is 19.8 Å². The molecule has 3 aliphatic rings. The number of amides is 1. The summed E-state index contributed by atoms with van der Waals surface area (Å²) < 4.78 is 5.10. The number of allylic oxidation sites excluding steroid dienone is 1. The number of rotatable bonds is 4. The molecule has 7 nitrogen and oxygen atoms in total. The van der Waals surface area contributed by atoms with Crippen molar-refractivity contribution in [1.82, 2.24) is 4.90 Å². The maximum absolute atomic E-state index is 12.8. The summed E-state index contributed by atoms with van der Waals surface area (Å²) in [4.78, 5) is 26.8. The summed E-state index contributed by atoms with van der Waals surface area (Å²) >= 11 is 0. The zero-order chi connectivity index (χ0) is 23.1. The zero-order valence-electron chi connectivity index (χ0n) is 19.5. The molecule has 0 aromatic carbocycles. The minimum Gasteiger partial charge on any atom is -0.469 e. The van der Waals surface area contributed by atoms with Crippen molar-refractivity contribution in [2.75, 3.05) is 27.3 Å². The molecule has 8 atom stereocenters. The fraction of sp³-hybridized carbons (Fsp3) is 0.833. The number of fused-ring (bicyclic) bond motifs is 3. The van der Waals surface area contributed by atoms with Crippen molar-refractivity contribution < 1.29 is 29.6 Å². The first-order valence-corrected chi connectivity index (χ1v) is 11.5. The van der Waals surface area contributed by atoms with Crippen LogP contribution in [0, 0.1) is 34.5 Å². The summed E-state index contributed by atoms with van der Waals surface area (Å²) in [7, 11) is 3.03. The minimum absolute atomic E-state index is 0.00865. The van der Waals surface area contributed by atoms with E-state index >= 15 is 0 Å². The number of carbonyl (C=O) groups is 2. The quantitative estimate of drug-likeness (QED) is 0.457. The Hall–Kier alpha value is -1.44. The van der Waals surface area contributed by atoms with Crippen LogP contribution in [0.1, 0.15) is 52.9 Å². The normalized spacial score (nSPS) is 43.7. The lowest BCUT2D eigenvalue weighted by molar-refractivity contribution is -0.211. The Bertz CT molecular complexity index is 738. The van der Waals surface area contributed by atoms with Crippen molar-refractivity contribution in [3.8, 4) is 0 Å².